The second kappa shape index (κ2) is 8.41. The van der Waals surface area contributed by atoms with Gasteiger partial charge >= 0.3 is 7.60 Å². The lowest BCUT2D eigenvalue weighted by molar-refractivity contribution is 0.0941. The number of carbonyl (C=O) groups excluding carboxylic acids is 1. The lowest BCUT2D eigenvalue weighted by atomic mass is 10.2. The Kier molecular flexibility index (Phi) is 6.54. The molecule has 0 saturated carbocycles. The minimum atomic E-state index is -3.53. The van der Waals surface area contributed by atoms with E-state index in [1.807, 2.05) is 23.6 Å². The van der Waals surface area contributed by atoms with Gasteiger partial charge in [-0.15, -0.1) is 11.3 Å². The molecule has 1 aromatic carbocycles. The molecular formula is C16H20NO4PS. The summed E-state index contributed by atoms with van der Waals surface area (Å²) >= 11 is 1.32. The summed E-state index contributed by atoms with van der Waals surface area (Å²) in [5.74, 6) is -1.15. The van der Waals surface area contributed by atoms with Crippen LogP contribution in [0.4, 0.5) is 0 Å². The van der Waals surface area contributed by atoms with Crippen LogP contribution in [0.2, 0.25) is 0 Å². The maximum Gasteiger partial charge on any atom is 0.357 e. The van der Waals surface area contributed by atoms with E-state index in [2.05, 4.69) is 5.32 Å². The first-order chi connectivity index (χ1) is 11.1. The van der Waals surface area contributed by atoms with Crippen molar-refractivity contribution in [2.24, 2.45) is 0 Å². The number of benzene rings is 1. The van der Waals surface area contributed by atoms with Gasteiger partial charge in [-0.25, -0.2) is 0 Å². The number of hydrogen-bond acceptors (Lipinski definition) is 5. The average Bonchev–Trinajstić information content (AvgIpc) is 3.08. The van der Waals surface area contributed by atoms with Crippen LogP contribution >= 0.6 is 18.9 Å². The summed E-state index contributed by atoms with van der Waals surface area (Å²) in [7, 11) is -3.53. The zero-order valence-electron chi connectivity index (χ0n) is 13.1. The van der Waals surface area contributed by atoms with Gasteiger partial charge in [-0.3, -0.25) is 9.36 Å². The molecule has 0 aliphatic heterocycles. The predicted molar refractivity (Wildman–Crippen MR) is 91.8 cm³/mol. The van der Waals surface area contributed by atoms with Crippen molar-refractivity contribution in [3.63, 3.8) is 0 Å². The minimum absolute atomic E-state index is 0.232. The molecule has 0 unspecified atom stereocenters. The van der Waals surface area contributed by atoms with Crippen LogP contribution in [0.15, 0.2) is 47.8 Å². The summed E-state index contributed by atoms with van der Waals surface area (Å²) in [6, 6.07) is 12.6. The largest absolute Gasteiger partial charge is 0.357 e. The van der Waals surface area contributed by atoms with Crippen molar-refractivity contribution < 1.29 is 18.4 Å². The van der Waals surface area contributed by atoms with Crippen molar-refractivity contribution in [2.75, 3.05) is 13.2 Å². The van der Waals surface area contributed by atoms with Crippen molar-refractivity contribution in [1.82, 2.24) is 5.32 Å². The first kappa shape index (κ1) is 17.9. The van der Waals surface area contributed by atoms with E-state index in [0.717, 1.165) is 0 Å². The lowest BCUT2D eigenvalue weighted by Crippen LogP contribution is -2.29. The molecule has 124 valence electrons. The van der Waals surface area contributed by atoms with Crippen molar-refractivity contribution in [2.45, 2.75) is 19.6 Å². The second-order valence-electron chi connectivity index (χ2n) is 4.64. The van der Waals surface area contributed by atoms with E-state index >= 15 is 0 Å². The Hall–Kier alpha value is -1.46. The van der Waals surface area contributed by atoms with E-state index in [0.29, 0.717) is 10.4 Å². The molecule has 2 aromatic rings. The fourth-order valence-electron chi connectivity index (χ4n) is 2.13. The molecule has 23 heavy (non-hydrogen) atoms. The van der Waals surface area contributed by atoms with Crippen LogP contribution in [-0.2, 0) is 13.6 Å². The summed E-state index contributed by atoms with van der Waals surface area (Å²) in [4.78, 5) is 13.0. The van der Waals surface area contributed by atoms with Gasteiger partial charge in [0, 0.05) is 0 Å². The van der Waals surface area contributed by atoms with E-state index in [4.69, 9.17) is 9.05 Å². The molecule has 1 aromatic heterocycles. The summed E-state index contributed by atoms with van der Waals surface area (Å²) in [6.45, 7) is 3.95. The molecule has 7 heteroatoms. The molecule has 0 bridgehead atoms. The zero-order chi connectivity index (χ0) is 16.7. The molecule has 0 radical (unpaired) electrons. The molecular weight excluding hydrogens is 333 g/mol. The summed E-state index contributed by atoms with van der Waals surface area (Å²) < 4.78 is 24.0. The van der Waals surface area contributed by atoms with Crippen LogP contribution in [0, 0.1) is 0 Å². The molecule has 1 heterocycles. The lowest BCUT2D eigenvalue weighted by Gasteiger charge is -2.27. The SMILES string of the molecule is CCOP(=O)(OCC)[C@H](NC(=O)c1cccs1)c1ccccc1. The third-order valence-corrected chi connectivity index (χ3v) is 6.23. The standard InChI is InChI=1S/C16H20NO4PS/c1-3-20-22(19,21-4-2)16(13-9-6-5-7-10-13)17-15(18)14-11-8-12-23-14/h5-12,16H,3-4H2,1-2H3,(H,17,18)/t16-/m0/s1. The number of nitrogens with one attached hydrogen (secondary N) is 1. The van der Waals surface area contributed by atoms with Crippen LogP contribution in [0.25, 0.3) is 0 Å². The smallest absolute Gasteiger partial charge is 0.334 e. The number of rotatable bonds is 8. The molecule has 0 spiro atoms. The Labute approximate surface area is 140 Å². The topological polar surface area (TPSA) is 64.6 Å². The van der Waals surface area contributed by atoms with Crippen LogP contribution < -0.4 is 5.32 Å². The Morgan fingerprint density at radius 1 is 1.13 bits per heavy atom. The molecule has 0 saturated heterocycles. The Morgan fingerprint density at radius 2 is 1.78 bits per heavy atom. The van der Waals surface area contributed by atoms with Crippen molar-refractivity contribution >= 4 is 24.8 Å². The van der Waals surface area contributed by atoms with Gasteiger partial charge in [-0.1, -0.05) is 36.4 Å². The molecule has 1 N–H and O–H groups in total. The predicted octanol–water partition coefficient (Wildman–Crippen LogP) is 4.44. The number of amides is 1. The first-order valence-corrected chi connectivity index (χ1v) is 9.88. The maximum absolute atomic E-state index is 13.2. The highest BCUT2D eigenvalue weighted by molar-refractivity contribution is 7.54. The normalized spacial score (nSPS) is 12.8. The van der Waals surface area contributed by atoms with E-state index < -0.39 is 13.4 Å². The summed E-state index contributed by atoms with van der Waals surface area (Å²) in [5, 5.41) is 4.62. The van der Waals surface area contributed by atoms with E-state index in [1.165, 1.54) is 11.3 Å². The molecule has 0 fully saturated rings. The van der Waals surface area contributed by atoms with E-state index in [1.54, 1.807) is 38.1 Å². The van der Waals surface area contributed by atoms with Crippen molar-refractivity contribution in [3.05, 3.63) is 58.3 Å². The van der Waals surface area contributed by atoms with Gasteiger partial charge in [-0.2, -0.15) is 0 Å². The fraction of sp³-hybridized carbons (Fsp3) is 0.312. The maximum atomic E-state index is 13.2. The molecule has 5 nitrogen and oxygen atoms in total. The zero-order valence-corrected chi connectivity index (χ0v) is 14.8. The molecule has 0 aliphatic carbocycles. The Morgan fingerprint density at radius 3 is 2.30 bits per heavy atom. The highest BCUT2D eigenvalue weighted by Crippen LogP contribution is 2.59. The van der Waals surface area contributed by atoms with Gasteiger partial charge < -0.3 is 14.4 Å². The second-order valence-corrected chi connectivity index (χ2v) is 7.70. The first-order valence-electron chi connectivity index (χ1n) is 7.38. The van der Waals surface area contributed by atoms with Crippen LogP contribution in [-0.4, -0.2) is 19.1 Å². The highest BCUT2D eigenvalue weighted by atomic mass is 32.1. The van der Waals surface area contributed by atoms with Crippen LogP contribution in [0.3, 0.4) is 0 Å². The molecule has 1 atom stereocenters. The number of thiophene rings is 1. The van der Waals surface area contributed by atoms with Gasteiger partial charge in [-0.05, 0) is 30.9 Å². The molecule has 2 rings (SSSR count). The highest BCUT2D eigenvalue weighted by Gasteiger charge is 2.38. The summed E-state index contributed by atoms with van der Waals surface area (Å²) in [6.07, 6.45) is 0. The van der Waals surface area contributed by atoms with Crippen molar-refractivity contribution in [3.8, 4) is 0 Å². The number of hydrogen-bond donors (Lipinski definition) is 1. The van der Waals surface area contributed by atoms with Crippen LogP contribution in [0.1, 0.15) is 34.9 Å². The minimum Gasteiger partial charge on any atom is -0.334 e. The van der Waals surface area contributed by atoms with E-state index in [9.17, 15) is 9.36 Å². The average molecular weight is 353 g/mol. The van der Waals surface area contributed by atoms with Gasteiger partial charge in [0.2, 0.25) is 0 Å². The van der Waals surface area contributed by atoms with E-state index in [-0.39, 0.29) is 19.1 Å². The molecule has 0 aliphatic rings. The van der Waals surface area contributed by atoms with Crippen molar-refractivity contribution in [1.29, 1.82) is 0 Å². The summed E-state index contributed by atoms with van der Waals surface area (Å²) in [5.41, 5.74) is 0.683. The Bertz CT molecular complexity index is 650. The van der Waals surface area contributed by atoms with Gasteiger partial charge in [0.1, 0.15) is 0 Å². The third kappa shape index (κ3) is 4.52. The monoisotopic (exact) mass is 353 g/mol. The molecule has 1 amide bonds. The van der Waals surface area contributed by atoms with Crippen LogP contribution in [0.5, 0.6) is 0 Å². The number of carbonyl (C=O) groups is 1. The van der Waals surface area contributed by atoms with Gasteiger partial charge in [0.25, 0.3) is 5.91 Å². The van der Waals surface area contributed by atoms with Gasteiger partial charge in [0.15, 0.2) is 5.78 Å². The van der Waals surface area contributed by atoms with Gasteiger partial charge in [0.05, 0.1) is 18.1 Å². The third-order valence-electron chi connectivity index (χ3n) is 3.06. The quantitative estimate of drug-likeness (QED) is 0.713. The Balaban J connectivity index is 2.35. The fourth-order valence-corrected chi connectivity index (χ4v) is 4.66.